The topological polar surface area (TPSA) is 274 Å². The van der Waals surface area contributed by atoms with Crippen molar-refractivity contribution in [3.63, 3.8) is 0 Å². The smallest absolute Gasteiger partial charge is 0.282 e. The number of nitrogens with two attached hydrogens (primary N) is 1. The van der Waals surface area contributed by atoms with Gasteiger partial charge in [-0.25, -0.2) is 5.26 Å². The van der Waals surface area contributed by atoms with E-state index in [4.69, 9.17) is 11.2 Å². The molecule has 1 aliphatic heterocycles. The minimum Gasteiger partial charge on any atom is -0.282 e. The Labute approximate surface area is 241 Å². The predicted octanol–water partition coefficient (Wildman–Crippen LogP) is 2.22. The van der Waals surface area contributed by atoms with Gasteiger partial charge in [-0.15, -0.1) is 4.33 Å². The van der Waals surface area contributed by atoms with E-state index in [9.17, 15) is 39.2 Å². The first kappa shape index (κ1) is 31.5. The van der Waals surface area contributed by atoms with Gasteiger partial charge in [0.25, 0.3) is 26.1 Å². The number of carbonyl (C=O) groups excluding carboxylic acids is 1. The lowest BCUT2D eigenvalue weighted by atomic mass is 10.1. The summed E-state index contributed by atoms with van der Waals surface area (Å²) in [5, 5.41) is 24.0. The second-order valence-electron chi connectivity index (χ2n) is 8.19. The molecule has 5 N–H and O–H groups in total. The Morgan fingerprint density at radius 1 is 0.976 bits per heavy atom. The van der Waals surface area contributed by atoms with Gasteiger partial charge < -0.3 is 0 Å². The molecular formula is C20H17N5O13S4. The Morgan fingerprint density at radius 3 is 2.19 bits per heavy atom. The normalized spacial score (nSPS) is 16.5. The number of azo groups is 1. The van der Waals surface area contributed by atoms with Gasteiger partial charge in [0.15, 0.2) is 6.04 Å². The van der Waals surface area contributed by atoms with Gasteiger partial charge in [0, 0.05) is 10.3 Å². The molecular weight excluding hydrogens is 647 g/mol. The molecule has 0 fully saturated rings. The Kier molecular flexibility index (Phi) is 8.77. The molecule has 1 heterocycles. The molecule has 0 spiro atoms. The van der Waals surface area contributed by atoms with E-state index in [0.717, 1.165) is 35.3 Å². The lowest BCUT2D eigenvalue weighted by molar-refractivity contribution is -0.432. The number of amides is 1. The Balaban J connectivity index is 1.76. The number of benzene rings is 3. The number of rotatable bonds is 10. The molecule has 42 heavy (non-hydrogen) atoms. The number of nitrogens with zero attached hydrogens (tertiary/aromatic N) is 4. The van der Waals surface area contributed by atoms with Gasteiger partial charge in [-0.2, -0.15) is 55.8 Å². The summed E-state index contributed by atoms with van der Waals surface area (Å²) in [5.74, 6) is 3.97. The van der Waals surface area contributed by atoms with Crippen LogP contribution in [0.2, 0.25) is 0 Å². The van der Waals surface area contributed by atoms with Crippen LogP contribution in [0, 0.1) is 0 Å². The van der Waals surface area contributed by atoms with Crippen LogP contribution < -0.4 is 10.9 Å². The summed E-state index contributed by atoms with van der Waals surface area (Å²) in [6.45, 7) is 1.40. The number of fused-ring (bicyclic) bond motifs is 1. The summed E-state index contributed by atoms with van der Waals surface area (Å²) in [7, 11) is -14.1. The van der Waals surface area contributed by atoms with Crippen LogP contribution in [0.4, 0.5) is 11.4 Å². The maximum Gasteiger partial charge on any atom is 0.312 e. The minimum atomic E-state index is -5.01. The quantitative estimate of drug-likeness (QED) is 0.0795. The molecule has 1 amide bonds. The molecule has 0 radical (unpaired) electrons. The van der Waals surface area contributed by atoms with Crippen LogP contribution in [-0.2, 0) is 48.8 Å². The average molecular weight is 664 g/mol. The third-order valence-corrected chi connectivity index (χ3v) is 8.99. The van der Waals surface area contributed by atoms with Crippen LogP contribution in [0.25, 0.3) is 10.8 Å². The molecule has 0 saturated heterocycles. The summed E-state index contributed by atoms with van der Waals surface area (Å²) < 4.78 is 99.7. The van der Waals surface area contributed by atoms with E-state index >= 15 is 0 Å². The van der Waals surface area contributed by atoms with E-state index < -0.39 is 57.8 Å². The lowest BCUT2D eigenvalue weighted by Crippen LogP contribution is -2.29. The van der Waals surface area contributed by atoms with Crippen LogP contribution in [0.3, 0.4) is 0 Å². The highest BCUT2D eigenvalue weighted by Crippen LogP contribution is 2.37. The van der Waals surface area contributed by atoms with Gasteiger partial charge in [-0.05, 0) is 60.8 Å². The third-order valence-electron chi connectivity index (χ3n) is 5.56. The van der Waals surface area contributed by atoms with Crippen LogP contribution in [0.5, 0.6) is 0 Å². The number of hydrogen-bond acceptors (Lipinski definition) is 16. The molecule has 18 nitrogen and oxygen atoms in total. The predicted molar refractivity (Wildman–Crippen MR) is 142 cm³/mol. The Morgan fingerprint density at radius 2 is 1.62 bits per heavy atom. The highest BCUT2D eigenvalue weighted by Gasteiger charge is 2.35. The van der Waals surface area contributed by atoms with Crippen LogP contribution in [0.1, 0.15) is 6.92 Å². The number of anilines is 1. The Bertz CT molecular complexity index is 1960. The van der Waals surface area contributed by atoms with Crippen molar-refractivity contribution in [1.29, 1.82) is 0 Å². The molecule has 0 aromatic heterocycles. The summed E-state index contributed by atoms with van der Waals surface area (Å²) in [6.07, 6.45) is 0. The van der Waals surface area contributed by atoms with Crippen LogP contribution >= 0.6 is 12.0 Å². The first-order valence-electron chi connectivity index (χ1n) is 10.8. The van der Waals surface area contributed by atoms with Gasteiger partial charge in [-0.3, -0.25) is 13.9 Å². The van der Waals surface area contributed by atoms with Gasteiger partial charge in [0.05, 0.1) is 28.3 Å². The van der Waals surface area contributed by atoms with Gasteiger partial charge in [-0.1, -0.05) is 5.04 Å². The van der Waals surface area contributed by atoms with Crippen molar-refractivity contribution >= 4 is 76.2 Å². The van der Waals surface area contributed by atoms with Crippen molar-refractivity contribution in [1.82, 2.24) is 0 Å². The summed E-state index contributed by atoms with van der Waals surface area (Å²) in [4.78, 5) is 11.1. The summed E-state index contributed by atoms with van der Waals surface area (Å²) in [6, 6.07) is 7.13. The van der Waals surface area contributed by atoms with Crippen molar-refractivity contribution in [2.75, 3.05) is 5.01 Å². The molecule has 3 aromatic carbocycles. The van der Waals surface area contributed by atoms with E-state index in [2.05, 4.69) is 29.0 Å². The highest BCUT2D eigenvalue weighted by molar-refractivity contribution is 7.94. The zero-order valence-corrected chi connectivity index (χ0v) is 23.9. The van der Waals surface area contributed by atoms with Crippen molar-refractivity contribution in [2.24, 2.45) is 21.2 Å². The molecule has 22 heteroatoms. The van der Waals surface area contributed by atoms with E-state index in [1.54, 1.807) is 0 Å². The zero-order chi connectivity index (χ0) is 31.0. The molecule has 1 aliphatic rings. The van der Waals surface area contributed by atoms with Crippen molar-refractivity contribution in [2.45, 2.75) is 32.5 Å². The molecule has 0 bridgehead atoms. The fourth-order valence-corrected chi connectivity index (χ4v) is 6.20. The molecule has 1 atom stereocenters. The van der Waals surface area contributed by atoms with Crippen LogP contribution in [0.15, 0.2) is 83.4 Å². The molecule has 0 saturated carbocycles. The van der Waals surface area contributed by atoms with Crippen molar-refractivity contribution in [3.8, 4) is 0 Å². The monoisotopic (exact) mass is 663 g/mol. The number of hydrazone groups is 1. The minimum absolute atomic E-state index is 0.0653. The van der Waals surface area contributed by atoms with Gasteiger partial charge in [0.1, 0.15) is 15.5 Å². The van der Waals surface area contributed by atoms with E-state index in [-0.39, 0.29) is 32.0 Å². The fraction of sp³-hybridized carbons (Fsp3) is 0.100. The molecule has 3 aromatic rings. The standard InChI is InChI=1S/C20H17N5O13S4/c1-10-19(20(26)25(24-10)12-2-4-14(5-3-12)42(34,35)36-21)23-22-16-9-15-11(7-18(16)41(31,32)33)6-13(39-38-37-27)8-17(15)40(28,29)30/h2-9,19,27H,21H2,1H3,(H,28,29,30)(H,31,32,33). The molecule has 224 valence electrons. The maximum atomic E-state index is 13.1. The number of carbonyl (C=O) groups is 1. The maximum absolute atomic E-state index is 13.1. The summed E-state index contributed by atoms with van der Waals surface area (Å²) in [5.41, 5.74) is -0.383. The average Bonchev–Trinajstić information content (AvgIpc) is 3.21. The Hall–Kier alpha value is -3.42. The fourth-order valence-electron chi connectivity index (χ4n) is 3.72. The molecule has 1 unspecified atom stereocenters. The first-order valence-corrected chi connectivity index (χ1v) is 15.8. The van der Waals surface area contributed by atoms with Gasteiger partial charge in [0.2, 0.25) is 0 Å². The van der Waals surface area contributed by atoms with E-state index in [1.165, 1.54) is 25.1 Å². The van der Waals surface area contributed by atoms with E-state index in [0.29, 0.717) is 12.0 Å². The SMILES string of the molecule is CC1=NN(c2ccc(S(=O)(=O)ON)cc2)C(=O)C1N=Nc1cc2c(S(=O)(=O)O)cc(SOOO)cc2cc1S(=O)(=O)O. The second-order valence-corrected chi connectivity index (χ2v) is 13.3. The van der Waals surface area contributed by atoms with Gasteiger partial charge >= 0.3 is 10.1 Å². The van der Waals surface area contributed by atoms with Crippen LogP contribution in [-0.4, -0.2) is 57.3 Å². The van der Waals surface area contributed by atoms with E-state index in [1.807, 2.05) is 0 Å². The van der Waals surface area contributed by atoms with Crippen molar-refractivity contribution < 1.29 is 58.1 Å². The number of hydrogen-bond donors (Lipinski definition) is 4. The zero-order valence-electron chi connectivity index (χ0n) is 20.6. The highest BCUT2D eigenvalue weighted by atomic mass is 32.2. The summed E-state index contributed by atoms with van der Waals surface area (Å²) >= 11 is 0.313. The second kappa shape index (κ2) is 11.7. The molecule has 4 rings (SSSR count). The largest absolute Gasteiger partial charge is 0.312 e. The van der Waals surface area contributed by atoms with Crippen molar-refractivity contribution in [3.05, 3.63) is 48.5 Å². The molecule has 0 aliphatic carbocycles. The lowest BCUT2D eigenvalue weighted by Gasteiger charge is -2.13. The first-order chi connectivity index (χ1) is 19.6. The third kappa shape index (κ3) is 6.47.